The number of benzene rings is 1. The van der Waals surface area contributed by atoms with E-state index >= 15 is 0 Å². The van der Waals surface area contributed by atoms with Crippen molar-refractivity contribution in [3.05, 3.63) is 29.8 Å². The lowest BCUT2D eigenvalue weighted by Gasteiger charge is -2.20. The quantitative estimate of drug-likeness (QED) is 0.794. The van der Waals surface area contributed by atoms with Crippen LogP contribution in [-0.2, 0) is 4.79 Å². The standard InChI is InChI=1S/C16H26N2O2/c1-5-6-11-18(3)12-16(19)17-13(2)14-9-7-8-10-15(14)20-4/h7-10,13H,5-6,11-12H2,1-4H3,(H,17,19). The zero-order valence-corrected chi connectivity index (χ0v) is 13.0. The van der Waals surface area contributed by atoms with Gasteiger partial charge in [0, 0.05) is 5.56 Å². The van der Waals surface area contributed by atoms with Crippen molar-refractivity contribution in [3.8, 4) is 5.75 Å². The van der Waals surface area contributed by atoms with Crippen molar-refractivity contribution >= 4 is 5.91 Å². The van der Waals surface area contributed by atoms with Gasteiger partial charge < -0.3 is 10.1 Å². The molecule has 0 spiro atoms. The van der Waals surface area contributed by atoms with Gasteiger partial charge in [-0.05, 0) is 33.0 Å². The summed E-state index contributed by atoms with van der Waals surface area (Å²) in [6.07, 6.45) is 2.26. The molecule has 112 valence electrons. The summed E-state index contributed by atoms with van der Waals surface area (Å²) in [4.78, 5) is 14.1. The summed E-state index contributed by atoms with van der Waals surface area (Å²) in [5.41, 5.74) is 1.000. The fraction of sp³-hybridized carbons (Fsp3) is 0.562. The van der Waals surface area contributed by atoms with E-state index in [1.54, 1.807) is 7.11 Å². The molecule has 0 saturated carbocycles. The molecule has 1 N–H and O–H groups in total. The van der Waals surface area contributed by atoms with Crippen molar-refractivity contribution in [2.24, 2.45) is 0 Å². The van der Waals surface area contributed by atoms with E-state index in [0.717, 1.165) is 30.7 Å². The Balaban J connectivity index is 2.52. The van der Waals surface area contributed by atoms with Crippen molar-refractivity contribution in [2.45, 2.75) is 32.7 Å². The molecular weight excluding hydrogens is 252 g/mol. The van der Waals surface area contributed by atoms with Crippen LogP contribution in [0.4, 0.5) is 0 Å². The Hall–Kier alpha value is -1.55. The van der Waals surface area contributed by atoms with Gasteiger partial charge >= 0.3 is 0 Å². The minimum atomic E-state index is -0.0572. The number of nitrogens with zero attached hydrogens (tertiary/aromatic N) is 1. The van der Waals surface area contributed by atoms with Gasteiger partial charge in [-0.3, -0.25) is 9.69 Å². The van der Waals surface area contributed by atoms with Crippen LogP contribution in [0.2, 0.25) is 0 Å². The summed E-state index contributed by atoms with van der Waals surface area (Å²) in [7, 11) is 3.62. The Morgan fingerprint density at radius 2 is 2.10 bits per heavy atom. The highest BCUT2D eigenvalue weighted by Gasteiger charge is 2.14. The van der Waals surface area contributed by atoms with Crippen molar-refractivity contribution in [1.82, 2.24) is 10.2 Å². The number of hydrogen-bond donors (Lipinski definition) is 1. The summed E-state index contributed by atoms with van der Waals surface area (Å²) in [5.74, 6) is 0.849. The molecule has 0 aliphatic heterocycles. The molecular formula is C16H26N2O2. The number of para-hydroxylation sites is 1. The molecule has 0 bridgehead atoms. The number of unbranched alkanes of at least 4 members (excludes halogenated alkanes) is 1. The van der Waals surface area contributed by atoms with Crippen molar-refractivity contribution in [3.63, 3.8) is 0 Å². The molecule has 0 radical (unpaired) electrons. The number of amides is 1. The molecule has 4 nitrogen and oxygen atoms in total. The average Bonchev–Trinajstić information content (AvgIpc) is 2.44. The van der Waals surface area contributed by atoms with Crippen LogP contribution < -0.4 is 10.1 Å². The lowest BCUT2D eigenvalue weighted by molar-refractivity contribution is -0.122. The second-order valence-electron chi connectivity index (χ2n) is 5.12. The van der Waals surface area contributed by atoms with Crippen LogP contribution in [0.5, 0.6) is 5.75 Å². The van der Waals surface area contributed by atoms with E-state index < -0.39 is 0 Å². The van der Waals surface area contributed by atoms with Crippen LogP contribution in [-0.4, -0.2) is 38.1 Å². The van der Waals surface area contributed by atoms with E-state index in [4.69, 9.17) is 4.74 Å². The van der Waals surface area contributed by atoms with Gasteiger partial charge in [0.1, 0.15) is 5.75 Å². The first-order valence-electron chi connectivity index (χ1n) is 7.19. The normalized spacial score (nSPS) is 12.2. The molecule has 0 saturated heterocycles. The number of hydrogen-bond acceptors (Lipinski definition) is 3. The zero-order valence-electron chi connectivity index (χ0n) is 13.0. The largest absolute Gasteiger partial charge is 0.496 e. The van der Waals surface area contributed by atoms with E-state index in [0.29, 0.717) is 6.54 Å². The SMILES string of the molecule is CCCCN(C)CC(=O)NC(C)c1ccccc1OC. The Kier molecular flexibility index (Phi) is 7.09. The van der Waals surface area contributed by atoms with Crippen LogP contribution >= 0.6 is 0 Å². The number of likely N-dealkylation sites (N-methyl/N-ethyl adjacent to an activating group) is 1. The Morgan fingerprint density at radius 3 is 2.75 bits per heavy atom. The van der Waals surface area contributed by atoms with Gasteiger partial charge in [0.2, 0.25) is 5.91 Å². The highest BCUT2D eigenvalue weighted by atomic mass is 16.5. The Labute approximate surface area is 122 Å². The summed E-state index contributed by atoms with van der Waals surface area (Å²) < 4.78 is 5.32. The third kappa shape index (κ3) is 5.21. The van der Waals surface area contributed by atoms with Crippen LogP contribution in [0.3, 0.4) is 0 Å². The lowest BCUT2D eigenvalue weighted by atomic mass is 10.1. The van der Waals surface area contributed by atoms with E-state index in [2.05, 4.69) is 12.2 Å². The highest BCUT2D eigenvalue weighted by molar-refractivity contribution is 5.78. The smallest absolute Gasteiger partial charge is 0.234 e. The predicted octanol–water partition coefficient (Wildman–Crippen LogP) is 2.60. The fourth-order valence-electron chi connectivity index (χ4n) is 2.14. The Morgan fingerprint density at radius 1 is 1.40 bits per heavy atom. The first-order chi connectivity index (χ1) is 9.58. The second kappa shape index (κ2) is 8.59. The molecule has 1 rings (SSSR count). The second-order valence-corrected chi connectivity index (χ2v) is 5.12. The number of carbonyl (C=O) groups is 1. The highest BCUT2D eigenvalue weighted by Crippen LogP contribution is 2.24. The van der Waals surface area contributed by atoms with Crippen molar-refractivity contribution in [2.75, 3.05) is 27.2 Å². The van der Waals surface area contributed by atoms with E-state index in [-0.39, 0.29) is 11.9 Å². The molecule has 0 aromatic heterocycles. The molecule has 0 fully saturated rings. The van der Waals surface area contributed by atoms with Gasteiger partial charge in [0.15, 0.2) is 0 Å². The number of nitrogens with one attached hydrogen (secondary N) is 1. The van der Waals surface area contributed by atoms with E-state index in [1.807, 2.05) is 43.1 Å². The first kappa shape index (κ1) is 16.5. The number of ether oxygens (including phenoxy) is 1. The van der Waals surface area contributed by atoms with Crippen molar-refractivity contribution < 1.29 is 9.53 Å². The molecule has 1 aromatic carbocycles. The van der Waals surface area contributed by atoms with Crippen LogP contribution in [0.15, 0.2) is 24.3 Å². The minimum Gasteiger partial charge on any atom is -0.496 e. The molecule has 0 aliphatic carbocycles. The molecule has 0 heterocycles. The summed E-state index contributed by atoms with van der Waals surface area (Å²) >= 11 is 0. The average molecular weight is 278 g/mol. The van der Waals surface area contributed by atoms with Gasteiger partial charge in [-0.2, -0.15) is 0 Å². The van der Waals surface area contributed by atoms with E-state index in [9.17, 15) is 4.79 Å². The first-order valence-corrected chi connectivity index (χ1v) is 7.19. The molecule has 0 aliphatic rings. The molecule has 20 heavy (non-hydrogen) atoms. The third-order valence-corrected chi connectivity index (χ3v) is 3.29. The molecule has 1 aromatic rings. The maximum Gasteiger partial charge on any atom is 0.234 e. The van der Waals surface area contributed by atoms with Gasteiger partial charge in [-0.15, -0.1) is 0 Å². The summed E-state index contributed by atoms with van der Waals surface area (Å²) in [5, 5.41) is 3.02. The number of methoxy groups -OCH3 is 1. The number of rotatable bonds is 8. The van der Waals surface area contributed by atoms with Gasteiger partial charge in [0.25, 0.3) is 0 Å². The van der Waals surface area contributed by atoms with Gasteiger partial charge in [-0.25, -0.2) is 0 Å². The van der Waals surface area contributed by atoms with Crippen LogP contribution in [0, 0.1) is 0 Å². The number of carbonyl (C=O) groups excluding carboxylic acids is 1. The zero-order chi connectivity index (χ0) is 15.0. The summed E-state index contributed by atoms with van der Waals surface area (Å²) in [6.45, 7) is 5.51. The van der Waals surface area contributed by atoms with Gasteiger partial charge in [-0.1, -0.05) is 31.5 Å². The third-order valence-electron chi connectivity index (χ3n) is 3.29. The topological polar surface area (TPSA) is 41.6 Å². The van der Waals surface area contributed by atoms with Crippen molar-refractivity contribution in [1.29, 1.82) is 0 Å². The minimum absolute atomic E-state index is 0.0435. The molecule has 1 atom stereocenters. The molecule has 1 unspecified atom stereocenters. The maximum atomic E-state index is 12.0. The van der Waals surface area contributed by atoms with Crippen LogP contribution in [0.25, 0.3) is 0 Å². The lowest BCUT2D eigenvalue weighted by Crippen LogP contribution is -2.36. The fourth-order valence-corrected chi connectivity index (χ4v) is 2.14. The Bertz CT molecular complexity index is 421. The van der Waals surface area contributed by atoms with Crippen LogP contribution in [0.1, 0.15) is 38.3 Å². The monoisotopic (exact) mass is 278 g/mol. The predicted molar refractivity (Wildman–Crippen MR) is 82.0 cm³/mol. The summed E-state index contributed by atoms with van der Waals surface area (Å²) in [6, 6.07) is 7.71. The maximum absolute atomic E-state index is 12.0. The van der Waals surface area contributed by atoms with E-state index in [1.165, 1.54) is 0 Å². The molecule has 1 amide bonds. The molecule has 4 heteroatoms. The van der Waals surface area contributed by atoms with Gasteiger partial charge in [0.05, 0.1) is 19.7 Å².